The molecule has 0 aliphatic carbocycles. The molecule has 2 N–H and O–H groups in total. The van der Waals surface area contributed by atoms with E-state index in [1.54, 1.807) is 0 Å². The van der Waals surface area contributed by atoms with Crippen LogP contribution in [0.4, 0.5) is 4.79 Å². The molecule has 0 aliphatic rings. The number of carboxylic acid groups (broad SMARTS) is 1. The minimum absolute atomic E-state index is 0.0791. The molecule has 1 aromatic carbocycles. The second kappa shape index (κ2) is 8.19. The molecule has 0 aromatic heterocycles. The van der Waals surface area contributed by atoms with Gasteiger partial charge in [-0.1, -0.05) is 50.6 Å². The summed E-state index contributed by atoms with van der Waals surface area (Å²) in [5.74, 6) is -0.853. The Bertz CT molecular complexity index is 433. The molecule has 1 unspecified atom stereocenters. The van der Waals surface area contributed by atoms with E-state index in [4.69, 9.17) is 9.84 Å². The van der Waals surface area contributed by atoms with Crippen LogP contribution in [0.5, 0.6) is 0 Å². The summed E-state index contributed by atoms with van der Waals surface area (Å²) < 4.78 is 5.09. The number of carbonyl (C=O) groups excluding carboxylic acids is 1. The van der Waals surface area contributed by atoms with Crippen LogP contribution in [0.25, 0.3) is 0 Å². The van der Waals surface area contributed by atoms with Crippen LogP contribution in [0.2, 0.25) is 0 Å². The zero-order valence-corrected chi connectivity index (χ0v) is 11.8. The van der Waals surface area contributed by atoms with Crippen LogP contribution in [0.3, 0.4) is 0 Å². The lowest BCUT2D eigenvalue weighted by atomic mass is 9.96. The number of rotatable bonds is 7. The molecule has 110 valence electrons. The molecule has 0 aliphatic heterocycles. The molecule has 5 nitrogen and oxygen atoms in total. The number of ether oxygens (including phenoxy) is 1. The second-order valence-electron chi connectivity index (χ2n) is 4.80. The third kappa shape index (κ3) is 5.73. The quantitative estimate of drug-likeness (QED) is 0.804. The first kappa shape index (κ1) is 16.0. The molecule has 5 heteroatoms. The monoisotopic (exact) mass is 279 g/mol. The van der Waals surface area contributed by atoms with E-state index in [-0.39, 0.29) is 18.9 Å². The number of alkyl carbamates (subject to hydrolysis) is 1. The van der Waals surface area contributed by atoms with E-state index in [0.717, 1.165) is 12.0 Å². The molecular formula is C15H21NO4. The Morgan fingerprint density at radius 1 is 1.30 bits per heavy atom. The summed E-state index contributed by atoms with van der Waals surface area (Å²) in [6.07, 6.45) is 0.104. The van der Waals surface area contributed by atoms with E-state index in [9.17, 15) is 9.59 Å². The zero-order chi connectivity index (χ0) is 15.0. The summed E-state index contributed by atoms with van der Waals surface area (Å²) in [5.41, 5.74) is 0.890. The van der Waals surface area contributed by atoms with Crippen LogP contribution in [-0.2, 0) is 16.1 Å². The maximum atomic E-state index is 11.7. The molecule has 0 radical (unpaired) electrons. The zero-order valence-electron chi connectivity index (χ0n) is 11.8. The van der Waals surface area contributed by atoms with Crippen LogP contribution >= 0.6 is 0 Å². The minimum atomic E-state index is -0.932. The summed E-state index contributed by atoms with van der Waals surface area (Å²) in [6, 6.07) is 8.91. The second-order valence-corrected chi connectivity index (χ2v) is 4.80. The highest BCUT2D eigenvalue weighted by atomic mass is 16.5. The molecule has 0 fully saturated rings. The van der Waals surface area contributed by atoms with Crippen molar-refractivity contribution >= 4 is 12.1 Å². The van der Waals surface area contributed by atoms with Crippen LogP contribution < -0.4 is 5.32 Å². The number of aliphatic carboxylic acids is 1. The van der Waals surface area contributed by atoms with E-state index < -0.39 is 18.1 Å². The van der Waals surface area contributed by atoms with Crippen molar-refractivity contribution in [3.63, 3.8) is 0 Å². The fraction of sp³-hybridized carbons (Fsp3) is 0.467. The minimum Gasteiger partial charge on any atom is -0.481 e. The molecule has 1 amide bonds. The van der Waals surface area contributed by atoms with Crippen LogP contribution in [-0.4, -0.2) is 23.2 Å². The number of hydrogen-bond acceptors (Lipinski definition) is 3. The van der Waals surface area contributed by atoms with E-state index in [2.05, 4.69) is 5.32 Å². The van der Waals surface area contributed by atoms with Crippen molar-refractivity contribution in [3.05, 3.63) is 35.9 Å². The smallest absolute Gasteiger partial charge is 0.407 e. The summed E-state index contributed by atoms with van der Waals surface area (Å²) in [4.78, 5) is 22.5. The molecular weight excluding hydrogens is 258 g/mol. The lowest BCUT2D eigenvalue weighted by molar-refractivity contribution is -0.137. The molecule has 0 heterocycles. The fourth-order valence-electron chi connectivity index (χ4n) is 1.78. The molecule has 0 saturated carbocycles. The van der Waals surface area contributed by atoms with Crippen molar-refractivity contribution in [1.29, 1.82) is 0 Å². The Hall–Kier alpha value is -2.04. The van der Waals surface area contributed by atoms with Crippen molar-refractivity contribution in [3.8, 4) is 0 Å². The lowest BCUT2D eigenvalue weighted by Crippen LogP contribution is -2.41. The maximum absolute atomic E-state index is 11.7. The summed E-state index contributed by atoms with van der Waals surface area (Å²) in [7, 11) is 0. The van der Waals surface area contributed by atoms with Gasteiger partial charge in [-0.25, -0.2) is 4.79 Å². The van der Waals surface area contributed by atoms with E-state index in [1.165, 1.54) is 0 Å². The maximum Gasteiger partial charge on any atom is 0.407 e. The number of carboxylic acids is 1. The van der Waals surface area contributed by atoms with E-state index in [0.29, 0.717) is 0 Å². The summed E-state index contributed by atoms with van der Waals surface area (Å²) in [5, 5.41) is 11.5. The summed E-state index contributed by atoms with van der Waals surface area (Å²) >= 11 is 0. The average Bonchev–Trinajstić information content (AvgIpc) is 2.44. The van der Waals surface area contributed by atoms with Gasteiger partial charge in [-0.3, -0.25) is 4.79 Å². The first-order chi connectivity index (χ1) is 9.52. The van der Waals surface area contributed by atoms with Crippen molar-refractivity contribution in [2.75, 3.05) is 0 Å². The van der Waals surface area contributed by atoms with Crippen molar-refractivity contribution in [2.45, 2.75) is 39.3 Å². The number of carbonyl (C=O) groups is 2. The number of nitrogens with one attached hydrogen (secondary N) is 1. The molecule has 2 atom stereocenters. The van der Waals surface area contributed by atoms with Gasteiger partial charge in [-0.05, 0) is 11.5 Å². The largest absolute Gasteiger partial charge is 0.481 e. The van der Waals surface area contributed by atoms with Crippen LogP contribution in [0.15, 0.2) is 30.3 Å². The molecule has 1 aromatic rings. The Kier molecular flexibility index (Phi) is 6.56. The van der Waals surface area contributed by atoms with Crippen molar-refractivity contribution < 1.29 is 19.4 Å². The van der Waals surface area contributed by atoms with Gasteiger partial charge >= 0.3 is 12.1 Å². The summed E-state index contributed by atoms with van der Waals surface area (Å²) in [6.45, 7) is 4.04. The van der Waals surface area contributed by atoms with Gasteiger partial charge in [0.25, 0.3) is 0 Å². The first-order valence-electron chi connectivity index (χ1n) is 6.72. The lowest BCUT2D eigenvalue weighted by Gasteiger charge is -2.22. The third-order valence-corrected chi connectivity index (χ3v) is 3.24. The van der Waals surface area contributed by atoms with E-state index >= 15 is 0 Å². The Labute approximate surface area is 118 Å². The highest BCUT2D eigenvalue weighted by Gasteiger charge is 2.21. The molecule has 0 spiro atoms. The first-order valence-corrected chi connectivity index (χ1v) is 6.72. The predicted molar refractivity (Wildman–Crippen MR) is 75.3 cm³/mol. The average molecular weight is 279 g/mol. The fourth-order valence-corrected chi connectivity index (χ4v) is 1.78. The van der Waals surface area contributed by atoms with Gasteiger partial charge in [0.15, 0.2) is 0 Å². The van der Waals surface area contributed by atoms with E-state index in [1.807, 2.05) is 44.2 Å². The van der Waals surface area contributed by atoms with Gasteiger partial charge in [-0.15, -0.1) is 0 Å². The normalized spacial score (nSPS) is 13.3. The Balaban J connectivity index is 2.47. The highest BCUT2D eigenvalue weighted by Crippen LogP contribution is 2.11. The SMILES string of the molecule is CCC(C)[C@H](CC(=O)O)NC(=O)OCc1ccccc1. The third-order valence-electron chi connectivity index (χ3n) is 3.24. The van der Waals surface area contributed by atoms with Crippen molar-refractivity contribution in [2.24, 2.45) is 5.92 Å². The predicted octanol–water partition coefficient (Wildman–Crippen LogP) is 2.80. The van der Waals surface area contributed by atoms with Crippen molar-refractivity contribution in [1.82, 2.24) is 5.32 Å². The number of amides is 1. The molecule has 0 bridgehead atoms. The van der Waals surface area contributed by atoms with Gasteiger partial charge in [0.2, 0.25) is 0 Å². The van der Waals surface area contributed by atoms with Gasteiger partial charge in [-0.2, -0.15) is 0 Å². The molecule has 0 saturated heterocycles. The Morgan fingerprint density at radius 3 is 2.50 bits per heavy atom. The van der Waals surface area contributed by atoms with Gasteiger partial charge in [0, 0.05) is 6.04 Å². The highest BCUT2D eigenvalue weighted by molar-refractivity contribution is 5.71. The van der Waals surface area contributed by atoms with Gasteiger partial charge < -0.3 is 15.2 Å². The standard InChI is InChI=1S/C15H21NO4/c1-3-11(2)13(9-14(17)18)16-15(19)20-10-12-7-5-4-6-8-12/h4-8,11,13H,3,9-10H2,1-2H3,(H,16,19)(H,17,18)/t11?,13-/m0/s1. The molecule has 1 rings (SSSR count). The topological polar surface area (TPSA) is 75.6 Å². The van der Waals surface area contributed by atoms with Gasteiger partial charge in [0.05, 0.1) is 6.42 Å². The number of benzene rings is 1. The number of hydrogen-bond donors (Lipinski definition) is 2. The molecule has 20 heavy (non-hydrogen) atoms. The van der Waals surface area contributed by atoms with Crippen LogP contribution in [0, 0.1) is 5.92 Å². The van der Waals surface area contributed by atoms with Gasteiger partial charge in [0.1, 0.15) is 6.61 Å². The van der Waals surface area contributed by atoms with Crippen LogP contribution in [0.1, 0.15) is 32.3 Å². The Morgan fingerprint density at radius 2 is 1.95 bits per heavy atom.